The molecule has 0 aliphatic carbocycles. The summed E-state index contributed by atoms with van der Waals surface area (Å²) in [5.41, 5.74) is 2.21. The molecule has 0 saturated heterocycles. The van der Waals surface area contributed by atoms with Gasteiger partial charge in [-0.05, 0) is 40.5 Å². The minimum Gasteiger partial charge on any atom is -0.184 e. The van der Waals surface area contributed by atoms with E-state index in [0.717, 1.165) is 36.7 Å². The lowest BCUT2D eigenvalue weighted by Crippen LogP contribution is -2.35. The fourth-order valence-electron chi connectivity index (χ4n) is 4.36. The number of hydrogen-bond acceptors (Lipinski definition) is 2. The average Bonchev–Trinajstić information content (AvgIpc) is 3.36. The number of hydrogen-bond donors (Lipinski definition) is 0. The van der Waals surface area contributed by atoms with E-state index in [2.05, 4.69) is 128 Å². The third kappa shape index (κ3) is 6.13. The molecule has 1 heterocycles. The van der Waals surface area contributed by atoms with Crippen molar-refractivity contribution in [3.63, 3.8) is 0 Å². The van der Waals surface area contributed by atoms with E-state index in [1.807, 2.05) is 10.9 Å². The fraction of sp³-hybridized carbons (Fsp3) is 0.125. The third-order valence-corrected chi connectivity index (χ3v) is 11.0. The second-order valence-corrected chi connectivity index (χ2v) is 13.0. The Bertz CT molecular complexity index is 1210. The van der Waals surface area contributed by atoms with Crippen molar-refractivity contribution in [1.29, 1.82) is 0 Å². The Kier molecular flexibility index (Phi) is 8.70. The van der Waals surface area contributed by atoms with Crippen LogP contribution >= 0.6 is 15.8 Å². The smallest absolute Gasteiger partial charge is 0.122 e. The molecule has 0 spiro atoms. The zero-order valence-corrected chi connectivity index (χ0v) is 22.7. The van der Waals surface area contributed by atoms with Crippen molar-refractivity contribution < 1.29 is 0 Å². The van der Waals surface area contributed by atoms with Crippen LogP contribution in [0.5, 0.6) is 0 Å². The maximum atomic E-state index is 5.26. The predicted molar refractivity (Wildman–Crippen MR) is 161 cm³/mol. The summed E-state index contributed by atoms with van der Waals surface area (Å²) in [4.78, 5) is 1.95. The lowest BCUT2D eigenvalue weighted by atomic mass is 10.2. The Hall–Kier alpha value is -3.38. The second kappa shape index (κ2) is 12.7. The van der Waals surface area contributed by atoms with Gasteiger partial charge in [-0.2, -0.15) is 15.0 Å². The van der Waals surface area contributed by atoms with E-state index in [9.17, 15) is 0 Å². The maximum absolute atomic E-state index is 5.26. The van der Waals surface area contributed by atoms with Gasteiger partial charge in [0.25, 0.3) is 0 Å². The highest BCUT2D eigenvalue weighted by atomic mass is 31.1. The van der Waals surface area contributed by atoms with Crippen LogP contribution in [0.4, 0.5) is 0 Å². The van der Waals surface area contributed by atoms with Gasteiger partial charge in [0.15, 0.2) is 0 Å². The molecule has 37 heavy (non-hydrogen) atoms. The van der Waals surface area contributed by atoms with E-state index in [1.54, 1.807) is 0 Å². The van der Waals surface area contributed by atoms with Gasteiger partial charge in [0.05, 0.1) is 6.54 Å². The fourth-order valence-corrected chi connectivity index (χ4v) is 9.29. The maximum Gasteiger partial charge on any atom is 0.122 e. The van der Waals surface area contributed by atoms with E-state index in [0.29, 0.717) is 0 Å². The molecule has 0 aliphatic rings. The first-order valence-electron chi connectivity index (χ1n) is 12.7. The Morgan fingerprint density at radius 1 is 0.541 bits per heavy atom. The molecule has 4 aromatic carbocycles. The van der Waals surface area contributed by atoms with Gasteiger partial charge in [0.2, 0.25) is 0 Å². The molecule has 0 bridgehead atoms. The molecule has 5 heteroatoms. The summed E-state index contributed by atoms with van der Waals surface area (Å²) in [5, 5.41) is 15.7. The number of rotatable bonds is 11. The molecule has 0 amide bonds. The first-order chi connectivity index (χ1) is 18.3. The number of nitrogens with zero attached hydrogens (tertiary/aromatic N) is 3. The van der Waals surface area contributed by atoms with E-state index in [4.69, 9.17) is 10.2 Å². The molecule has 5 aromatic rings. The summed E-state index contributed by atoms with van der Waals surface area (Å²) >= 11 is 0. The normalized spacial score (nSPS) is 11.2. The highest BCUT2D eigenvalue weighted by molar-refractivity contribution is 7.85. The highest BCUT2D eigenvalue weighted by Crippen LogP contribution is 2.37. The van der Waals surface area contributed by atoms with Gasteiger partial charge in [-0.3, -0.25) is 0 Å². The summed E-state index contributed by atoms with van der Waals surface area (Å²) in [7, 11) is -1.75. The van der Waals surface area contributed by atoms with Crippen LogP contribution < -0.4 is 32.1 Å². The van der Waals surface area contributed by atoms with Gasteiger partial charge in [0.1, 0.15) is 10.9 Å². The second-order valence-electron chi connectivity index (χ2n) is 8.74. The number of aromatic nitrogens is 3. The van der Waals surface area contributed by atoms with Gasteiger partial charge in [-0.15, -0.1) is 6.58 Å². The summed E-state index contributed by atoms with van der Waals surface area (Å²) in [6.07, 6.45) is 5.13. The lowest BCUT2D eigenvalue weighted by molar-refractivity contribution is 0.505. The topological polar surface area (TPSA) is 30.7 Å². The molecule has 0 atom stereocenters. The molecular formula is C32H31N3P2. The quantitative estimate of drug-likeness (QED) is 0.137. The van der Waals surface area contributed by atoms with Crippen molar-refractivity contribution >= 4 is 47.9 Å². The minimum atomic E-state index is -0.875. The molecule has 0 fully saturated rings. The minimum absolute atomic E-state index is 0.806. The molecular weight excluding hydrogens is 488 g/mol. The van der Waals surface area contributed by atoms with E-state index in [-0.39, 0.29) is 0 Å². The molecule has 5 rings (SSSR count). The van der Waals surface area contributed by atoms with Crippen molar-refractivity contribution in [1.82, 2.24) is 15.0 Å². The van der Waals surface area contributed by atoms with Gasteiger partial charge in [0, 0.05) is 15.8 Å². The molecule has 0 N–H and O–H groups in total. The average molecular weight is 520 g/mol. The highest BCUT2D eigenvalue weighted by Gasteiger charge is 2.30. The number of benzene rings is 4. The van der Waals surface area contributed by atoms with Crippen molar-refractivity contribution in [2.24, 2.45) is 0 Å². The molecule has 3 nitrogen and oxygen atoms in total. The van der Waals surface area contributed by atoms with Gasteiger partial charge < -0.3 is 0 Å². The molecule has 0 unspecified atom stereocenters. The predicted octanol–water partition coefficient (Wildman–Crippen LogP) is 5.15. The van der Waals surface area contributed by atoms with Crippen LogP contribution in [-0.2, 0) is 6.54 Å². The Balaban J connectivity index is 1.70. The Labute approximate surface area is 222 Å². The zero-order valence-electron chi connectivity index (χ0n) is 20.9. The molecule has 0 radical (unpaired) electrons. The van der Waals surface area contributed by atoms with Gasteiger partial charge >= 0.3 is 0 Å². The molecule has 1 aromatic heterocycles. The summed E-state index contributed by atoms with van der Waals surface area (Å²) in [6, 6.07) is 43.2. The largest absolute Gasteiger partial charge is 0.184 e. The van der Waals surface area contributed by atoms with Crippen molar-refractivity contribution in [2.45, 2.75) is 25.8 Å². The van der Waals surface area contributed by atoms with Crippen LogP contribution in [0.1, 0.15) is 19.3 Å². The summed E-state index contributed by atoms with van der Waals surface area (Å²) in [5.74, 6) is 0. The van der Waals surface area contributed by atoms with Crippen molar-refractivity contribution in [3.05, 3.63) is 134 Å². The van der Waals surface area contributed by atoms with Gasteiger partial charge in [-0.1, -0.05) is 127 Å². The Morgan fingerprint density at radius 2 is 0.892 bits per heavy atom. The molecule has 184 valence electrons. The van der Waals surface area contributed by atoms with Crippen LogP contribution in [0.2, 0.25) is 0 Å². The Morgan fingerprint density at radius 3 is 1.22 bits per heavy atom. The SMILES string of the molecule is C=CCCCCn1nc(P(c2ccccc2)c2ccccc2)c(P(c2ccccc2)c2ccccc2)n1. The van der Waals surface area contributed by atoms with Crippen LogP contribution in [0.15, 0.2) is 134 Å². The number of allylic oxidation sites excluding steroid dienone is 1. The van der Waals surface area contributed by atoms with Gasteiger partial charge in [-0.25, -0.2) is 0 Å². The van der Waals surface area contributed by atoms with Crippen molar-refractivity contribution in [2.75, 3.05) is 0 Å². The molecule has 0 saturated carbocycles. The summed E-state index contributed by atoms with van der Waals surface area (Å²) < 4.78 is 0. The van der Waals surface area contributed by atoms with Crippen molar-refractivity contribution in [3.8, 4) is 0 Å². The molecule has 0 aliphatic heterocycles. The van der Waals surface area contributed by atoms with E-state index >= 15 is 0 Å². The third-order valence-electron chi connectivity index (χ3n) is 6.12. The van der Waals surface area contributed by atoms with Crippen LogP contribution in [-0.4, -0.2) is 15.0 Å². The van der Waals surface area contributed by atoms with Crippen LogP contribution in [0.3, 0.4) is 0 Å². The zero-order chi connectivity index (χ0) is 25.3. The standard InChI is InChI=1S/C32H31N3P2/c1-2-3-4-17-26-35-33-31(36(27-18-9-5-10-19-27)28-20-11-6-12-21-28)32(34-35)37(29-22-13-7-14-23-29)30-24-15-8-16-25-30/h2,5-16,18-25H,1,3-4,17,26H2. The lowest BCUT2D eigenvalue weighted by Gasteiger charge is -2.22. The first-order valence-corrected chi connectivity index (χ1v) is 15.4. The van der Waals surface area contributed by atoms with E-state index in [1.165, 1.54) is 21.2 Å². The first kappa shape index (κ1) is 25.3. The summed E-state index contributed by atoms with van der Waals surface area (Å²) in [6.45, 7) is 4.68. The number of aryl methyl sites for hydroxylation is 1. The number of unbranched alkanes of at least 4 members (excludes halogenated alkanes) is 2. The van der Waals surface area contributed by atoms with Crippen LogP contribution in [0.25, 0.3) is 0 Å². The monoisotopic (exact) mass is 519 g/mol. The van der Waals surface area contributed by atoms with Crippen LogP contribution in [0, 0.1) is 0 Å². The van der Waals surface area contributed by atoms with E-state index < -0.39 is 15.8 Å².